The van der Waals surface area contributed by atoms with Crippen molar-refractivity contribution in [1.82, 2.24) is 4.90 Å². The Kier molecular flexibility index (Phi) is 5.50. The van der Waals surface area contributed by atoms with Gasteiger partial charge >= 0.3 is 7.60 Å². The van der Waals surface area contributed by atoms with Gasteiger partial charge in [-0.25, -0.2) is 4.39 Å². The molecule has 0 aliphatic carbocycles. The van der Waals surface area contributed by atoms with Crippen molar-refractivity contribution in [2.75, 3.05) is 6.54 Å². The lowest BCUT2D eigenvalue weighted by molar-refractivity contribution is -0.135. The fourth-order valence-electron chi connectivity index (χ4n) is 2.27. The molecule has 0 aromatic carbocycles. The molecular formula is C11H22FN2O4P. The SMILES string of the molecule is CC[C@H](C)[C@H](N)C(=O)N1CCC[C@H]1C(F)P(=O)(O)O. The Bertz CT molecular complexity index is 376. The lowest BCUT2D eigenvalue weighted by atomic mass is 9.98. The predicted molar refractivity (Wildman–Crippen MR) is 69.1 cm³/mol. The minimum atomic E-state index is -4.85. The largest absolute Gasteiger partial charge is 0.361 e. The van der Waals surface area contributed by atoms with Gasteiger partial charge in [0.25, 0.3) is 0 Å². The molecule has 0 saturated carbocycles. The smallest absolute Gasteiger partial charge is 0.335 e. The van der Waals surface area contributed by atoms with E-state index in [2.05, 4.69) is 0 Å². The first-order valence-corrected chi connectivity index (χ1v) is 8.13. The Morgan fingerprint density at radius 3 is 2.63 bits per heavy atom. The number of rotatable bonds is 5. The van der Waals surface area contributed by atoms with Crippen LogP contribution in [0.15, 0.2) is 0 Å². The maximum atomic E-state index is 13.8. The van der Waals surface area contributed by atoms with Gasteiger partial charge in [-0.2, -0.15) is 0 Å². The van der Waals surface area contributed by atoms with Gasteiger partial charge in [0.05, 0.1) is 12.1 Å². The van der Waals surface area contributed by atoms with Gasteiger partial charge in [-0.3, -0.25) is 9.36 Å². The van der Waals surface area contributed by atoms with E-state index >= 15 is 0 Å². The molecule has 1 unspecified atom stereocenters. The average Bonchev–Trinajstić information content (AvgIpc) is 2.82. The van der Waals surface area contributed by atoms with Crippen molar-refractivity contribution in [2.24, 2.45) is 11.7 Å². The van der Waals surface area contributed by atoms with Crippen molar-refractivity contribution in [3.8, 4) is 0 Å². The second kappa shape index (κ2) is 6.31. The lowest BCUT2D eigenvalue weighted by Crippen LogP contribution is -2.50. The summed E-state index contributed by atoms with van der Waals surface area (Å²) in [6, 6.07) is -1.82. The molecule has 0 bridgehead atoms. The average molecular weight is 296 g/mol. The van der Waals surface area contributed by atoms with Crippen LogP contribution in [0, 0.1) is 5.92 Å². The highest BCUT2D eigenvalue weighted by Crippen LogP contribution is 2.47. The molecule has 1 amide bonds. The first-order valence-electron chi connectivity index (χ1n) is 6.45. The van der Waals surface area contributed by atoms with E-state index < -0.39 is 31.5 Å². The molecule has 0 spiro atoms. The van der Waals surface area contributed by atoms with Gasteiger partial charge in [0, 0.05) is 6.54 Å². The summed E-state index contributed by atoms with van der Waals surface area (Å²) in [7, 11) is -4.85. The molecule has 0 radical (unpaired) electrons. The highest BCUT2D eigenvalue weighted by Gasteiger charge is 2.44. The summed E-state index contributed by atoms with van der Waals surface area (Å²) in [6.45, 7) is 4.02. The second-order valence-electron chi connectivity index (χ2n) is 5.11. The summed E-state index contributed by atoms with van der Waals surface area (Å²) in [5.74, 6) is -2.81. The number of halogens is 1. The van der Waals surface area contributed by atoms with E-state index in [4.69, 9.17) is 15.5 Å². The van der Waals surface area contributed by atoms with Gasteiger partial charge in [-0.05, 0) is 18.8 Å². The summed E-state index contributed by atoms with van der Waals surface area (Å²) in [4.78, 5) is 31.2. The fourth-order valence-corrected chi connectivity index (χ4v) is 3.02. The van der Waals surface area contributed by atoms with E-state index in [-0.39, 0.29) is 12.3 Å². The minimum Gasteiger partial charge on any atom is -0.335 e. The van der Waals surface area contributed by atoms with Crippen molar-refractivity contribution in [3.63, 3.8) is 0 Å². The van der Waals surface area contributed by atoms with Crippen LogP contribution in [0.2, 0.25) is 0 Å². The molecule has 1 aliphatic heterocycles. The van der Waals surface area contributed by atoms with Crippen LogP contribution in [0.5, 0.6) is 0 Å². The molecule has 19 heavy (non-hydrogen) atoms. The minimum absolute atomic E-state index is 0.0538. The van der Waals surface area contributed by atoms with Crippen LogP contribution in [0.1, 0.15) is 33.1 Å². The van der Waals surface area contributed by atoms with Gasteiger partial charge in [0.15, 0.2) is 0 Å². The normalized spacial score (nSPS) is 25.2. The third-order valence-corrected chi connectivity index (χ3v) is 4.75. The molecule has 4 atom stereocenters. The molecule has 8 heteroatoms. The van der Waals surface area contributed by atoms with Crippen LogP contribution in [0.3, 0.4) is 0 Å². The van der Waals surface area contributed by atoms with E-state index in [9.17, 15) is 13.8 Å². The van der Waals surface area contributed by atoms with E-state index in [1.54, 1.807) is 0 Å². The summed E-state index contributed by atoms with van der Waals surface area (Å²) in [5, 5.41) is 0. The highest BCUT2D eigenvalue weighted by molar-refractivity contribution is 7.52. The van der Waals surface area contributed by atoms with E-state index in [0.29, 0.717) is 19.4 Å². The number of carbonyl (C=O) groups excluding carboxylic acids is 1. The van der Waals surface area contributed by atoms with Crippen molar-refractivity contribution in [2.45, 2.75) is 51.1 Å². The number of alkyl halides is 1. The molecule has 6 nitrogen and oxygen atoms in total. The van der Waals surface area contributed by atoms with E-state index in [1.807, 2.05) is 13.8 Å². The predicted octanol–water partition coefficient (Wildman–Crippen LogP) is 0.824. The number of hydrogen-bond acceptors (Lipinski definition) is 3. The Labute approximate surface area is 112 Å². The lowest BCUT2D eigenvalue weighted by Gasteiger charge is -2.31. The summed E-state index contributed by atoms with van der Waals surface area (Å²) < 4.78 is 24.8. The molecule has 1 heterocycles. The zero-order chi connectivity index (χ0) is 14.8. The number of amides is 1. The monoisotopic (exact) mass is 296 g/mol. The third-order valence-electron chi connectivity index (χ3n) is 3.76. The zero-order valence-electron chi connectivity index (χ0n) is 11.2. The van der Waals surface area contributed by atoms with Crippen LogP contribution in [-0.4, -0.2) is 45.1 Å². The van der Waals surface area contributed by atoms with Gasteiger partial charge < -0.3 is 20.4 Å². The molecule has 4 N–H and O–H groups in total. The Balaban J connectivity index is 2.82. The van der Waals surface area contributed by atoms with Crippen molar-refractivity contribution >= 4 is 13.5 Å². The van der Waals surface area contributed by atoms with Crippen molar-refractivity contribution < 1.29 is 23.5 Å². The molecule has 112 valence electrons. The van der Waals surface area contributed by atoms with Gasteiger partial charge in [0.2, 0.25) is 11.8 Å². The number of nitrogens with two attached hydrogens (primary N) is 1. The molecule has 1 rings (SSSR count). The van der Waals surface area contributed by atoms with E-state index in [1.165, 1.54) is 4.90 Å². The molecule has 1 fully saturated rings. The van der Waals surface area contributed by atoms with Crippen LogP contribution >= 0.6 is 7.60 Å². The zero-order valence-corrected chi connectivity index (χ0v) is 12.1. The van der Waals surface area contributed by atoms with Crippen LogP contribution in [0.4, 0.5) is 4.39 Å². The third kappa shape index (κ3) is 3.75. The Hall–Kier alpha value is -0.490. The summed E-state index contributed by atoms with van der Waals surface area (Å²) in [5.41, 5.74) is 5.81. The molecule has 1 aliphatic rings. The Morgan fingerprint density at radius 1 is 1.58 bits per heavy atom. The first-order chi connectivity index (χ1) is 8.70. The molecule has 1 saturated heterocycles. The van der Waals surface area contributed by atoms with Crippen LogP contribution < -0.4 is 5.73 Å². The number of likely N-dealkylation sites (tertiary alicyclic amines) is 1. The number of carbonyl (C=O) groups is 1. The quantitative estimate of drug-likeness (QED) is 0.652. The molecule has 0 aromatic rings. The number of hydrogen-bond donors (Lipinski definition) is 3. The maximum absolute atomic E-state index is 13.8. The summed E-state index contributed by atoms with van der Waals surface area (Å²) >= 11 is 0. The molecule has 0 aromatic heterocycles. The van der Waals surface area contributed by atoms with Gasteiger partial charge in [0.1, 0.15) is 0 Å². The number of nitrogens with zero attached hydrogens (tertiary/aromatic N) is 1. The second-order valence-corrected chi connectivity index (χ2v) is 6.79. The highest BCUT2D eigenvalue weighted by atomic mass is 31.2. The van der Waals surface area contributed by atoms with Crippen LogP contribution in [-0.2, 0) is 9.36 Å². The van der Waals surface area contributed by atoms with Gasteiger partial charge in [-0.15, -0.1) is 0 Å². The maximum Gasteiger partial charge on any atom is 0.361 e. The Morgan fingerprint density at radius 2 is 2.16 bits per heavy atom. The topological polar surface area (TPSA) is 104 Å². The van der Waals surface area contributed by atoms with Gasteiger partial charge in [-0.1, -0.05) is 20.3 Å². The first kappa shape index (κ1) is 16.6. The standard InChI is InChI=1S/C11H22FN2O4P/c1-3-7(2)9(13)11(15)14-6-4-5-8(14)10(12)19(16,17)18/h7-10H,3-6,13H2,1-2H3,(H2,16,17,18)/t7-,8-,9-,10?/m0/s1. The fraction of sp³-hybridized carbons (Fsp3) is 0.909. The summed E-state index contributed by atoms with van der Waals surface area (Å²) in [6.07, 6.45) is 1.50. The van der Waals surface area contributed by atoms with Crippen LogP contribution in [0.25, 0.3) is 0 Å². The van der Waals surface area contributed by atoms with Crippen molar-refractivity contribution in [3.05, 3.63) is 0 Å². The van der Waals surface area contributed by atoms with E-state index in [0.717, 1.165) is 0 Å². The molecular weight excluding hydrogens is 274 g/mol. The van der Waals surface area contributed by atoms with Crippen molar-refractivity contribution in [1.29, 1.82) is 0 Å².